The number of hydrogen-bond acceptors (Lipinski definition) is 8. The lowest BCUT2D eigenvalue weighted by atomic mass is 10.2. The third kappa shape index (κ3) is 5.54. The lowest BCUT2D eigenvalue weighted by molar-refractivity contribution is -0.121. The van der Waals surface area contributed by atoms with Crippen LogP contribution in [0, 0.1) is 0 Å². The highest BCUT2D eigenvalue weighted by Crippen LogP contribution is 2.34. The van der Waals surface area contributed by atoms with E-state index >= 15 is 0 Å². The molecule has 4 rings (SSSR count). The minimum absolute atomic E-state index is 0.209. The fourth-order valence-corrected chi connectivity index (χ4v) is 8.12. The summed E-state index contributed by atoms with van der Waals surface area (Å²) in [5.74, 6) is 0.555. The van der Waals surface area contributed by atoms with Crippen LogP contribution in [-0.2, 0) is 14.8 Å². The molecule has 0 radical (unpaired) electrons. The van der Waals surface area contributed by atoms with Crippen LogP contribution in [0.25, 0.3) is 10.2 Å². The van der Waals surface area contributed by atoms with Crippen LogP contribution in [0.1, 0.15) is 33.6 Å². The number of thiophene rings is 1. The number of nitrogens with zero attached hydrogens (tertiary/aromatic N) is 4. The lowest BCUT2D eigenvalue weighted by Gasteiger charge is -2.29. The number of fused-ring (bicyclic) bond motifs is 1. The van der Waals surface area contributed by atoms with Gasteiger partial charge in [-0.1, -0.05) is 31.3 Å². The average Bonchev–Trinajstić information content (AvgIpc) is 3.62. The molecule has 1 amide bonds. The summed E-state index contributed by atoms with van der Waals surface area (Å²) in [7, 11) is -3.72. The molecular weight excluding hydrogens is 504 g/mol. The predicted molar refractivity (Wildman–Crippen MR) is 142 cm³/mol. The molecule has 2 aromatic heterocycles. The molecule has 3 heterocycles. The van der Waals surface area contributed by atoms with Crippen molar-refractivity contribution in [3.8, 4) is 5.75 Å². The number of sulfonamides is 1. The van der Waals surface area contributed by atoms with Gasteiger partial charge in [-0.3, -0.25) is 9.69 Å². The van der Waals surface area contributed by atoms with Crippen LogP contribution in [0.2, 0.25) is 0 Å². The maximum absolute atomic E-state index is 14.0. The predicted octanol–water partition coefficient (Wildman–Crippen LogP) is 4.28. The number of thiazole rings is 1. The van der Waals surface area contributed by atoms with Crippen molar-refractivity contribution in [2.24, 2.45) is 0 Å². The number of amides is 1. The molecule has 1 atom stereocenters. The van der Waals surface area contributed by atoms with E-state index in [1.807, 2.05) is 25.1 Å². The first-order chi connectivity index (χ1) is 16.9. The Morgan fingerprint density at radius 3 is 2.69 bits per heavy atom. The highest BCUT2D eigenvalue weighted by molar-refractivity contribution is 7.91. The number of benzene rings is 1. The Hall–Kier alpha value is -2.05. The Balaban J connectivity index is 1.66. The molecule has 35 heavy (non-hydrogen) atoms. The largest absolute Gasteiger partial charge is 0.494 e. The highest BCUT2D eigenvalue weighted by Gasteiger charge is 2.42. The smallest absolute Gasteiger partial charge is 0.253 e. The molecule has 1 aromatic carbocycles. The standard InChI is InChI=1S/C24H32N4O4S3/c1-4-26(5-2)14-15-27(24-25-19-12-11-18(32-6-3)17-21(19)34-24)23(29)20-9-7-13-28(20)35(30,31)22-10-8-16-33-22/h8,10-12,16-17,20H,4-7,9,13-15H2,1-3H3. The summed E-state index contributed by atoms with van der Waals surface area (Å²) < 4.78 is 34.8. The molecule has 1 fully saturated rings. The Morgan fingerprint density at radius 1 is 1.20 bits per heavy atom. The van der Waals surface area contributed by atoms with Crippen LogP contribution in [0.4, 0.5) is 5.13 Å². The molecule has 0 N–H and O–H groups in total. The summed E-state index contributed by atoms with van der Waals surface area (Å²) in [5, 5.41) is 2.33. The first-order valence-corrected chi connectivity index (χ1v) is 15.1. The second-order valence-corrected chi connectivity index (χ2v) is 12.4. The zero-order valence-electron chi connectivity index (χ0n) is 20.3. The van der Waals surface area contributed by atoms with Crippen molar-refractivity contribution in [2.75, 3.05) is 44.2 Å². The fourth-order valence-electron chi connectivity index (χ4n) is 4.33. The number of rotatable bonds is 11. The molecule has 1 aliphatic heterocycles. The number of carbonyl (C=O) groups is 1. The van der Waals surface area contributed by atoms with Gasteiger partial charge in [0, 0.05) is 19.6 Å². The van der Waals surface area contributed by atoms with Crippen LogP contribution in [0.5, 0.6) is 5.75 Å². The molecule has 190 valence electrons. The van der Waals surface area contributed by atoms with E-state index in [-0.39, 0.29) is 10.1 Å². The highest BCUT2D eigenvalue weighted by atomic mass is 32.2. The Kier molecular flexibility index (Phi) is 8.43. The van der Waals surface area contributed by atoms with E-state index in [0.717, 1.165) is 29.1 Å². The van der Waals surface area contributed by atoms with Crippen molar-refractivity contribution in [3.05, 3.63) is 35.7 Å². The van der Waals surface area contributed by atoms with Gasteiger partial charge < -0.3 is 9.64 Å². The van der Waals surface area contributed by atoms with E-state index in [1.54, 1.807) is 22.4 Å². The van der Waals surface area contributed by atoms with Gasteiger partial charge in [-0.15, -0.1) is 11.3 Å². The minimum Gasteiger partial charge on any atom is -0.494 e. The summed E-state index contributed by atoms with van der Waals surface area (Å²) in [6, 6.07) is 8.31. The van der Waals surface area contributed by atoms with Gasteiger partial charge in [-0.25, -0.2) is 13.4 Å². The lowest BCUT2D eigenvalue weighted by Crippen LogP contribution is -2.49. The molecule has 11 heteroatoms. The first-order valence-electron chi connectivity index (χ1n) is 12.0. The molecule has 1 unspecified atom stereocenters. The van der Waals surface area contributed by atoms with Gasteiger partial charge in [0.15, 0.2) is 5.13 Å². The van der Waals surface area contributed by atoms with E-state index in [0.29, 0.717) is 44.2 Å². The van der Waals surface area contributed by atoms with Gasteiger partial charge in [0.1, 0.15) is 16.0 Å². The van der Waals surface area contributed by atoms with Crippen molar-refractivity contribution in [1.82, 2.24) is 14.2 Å². The molecule has 0 bridgehead atoms. The van der Waals surface area contributed by atoms with E-state index in [2.05, 4.69) is 18.7 Å². The van der Waals surface area contributed by atoms with Crippen LogP contribution in [-0.4, -0.2) is 73.9 Å². The molecule has 0 spiro atoms. The number of hydrogen-bond donors (Lipinski definition) is 0. The van der Waals surface area contributed by atoms with Gasteiger partial charge in [-0.2, -0.15) is 4.31 Å². The van der Waals surface area contributed by atoms with E-state index in [9.17, 15) is 13.2 Å². The molecule has 1 saturated heterocycles. The number of anilines is 1. The number of aromatic nitrogens is 1. The molecular formula is C24H32N4O4S3. The van der Waals surface area contributed by atoms with Gasteiger partial charge >= 0.3 is 0 Å². The maximum atomic E-state index is 14.0. The van der Waals surface area contributed by atoms with Crippen molar-refractivity contribution < 1.29 is 17.9 Å². The Labute approximate surface area is 215 Å². The van der Waals surface area contributed by atoms with E-state index in [1.165, 1.54) is 27.0 Å². The third-order valence-electron chi connectivity index (χ3n) is 6.24. The van der Waals surface area contributed by atoms with Crippen molar-refractivity contribution in [1.29, 1.82) is 0 Å². The summed E-state index contributed by atoms with van der Waals surface area (Å²) in [6.45, 7) is 9.92. The molecule has 0 saturated carbocycles. The normalized spacial score (nSPS) is 16.9. The molecule has 3 aromatic rings. The zero-order valence-corrected chi connectivity index (χ0v) is 22.8. The zero-order chi connectivity index (χ0) is 25.0. The average molecular weight is 537 g/mol. The van der Waals surface area contributed by atoms with E-state index < -0.39 is 16.1 Å². The number of carbonyl (C=O) groups excluding carboxylic acids is 1. The second-order valence-electron chi connectivity index (χ2n) is 8.28. The summed E-state index contributed by atoms with van der Waals surface area (Å²) in [5.41, 5.74) is 0.795. The van der Waals surface area contributed by atoms with Gasteiger partial charge in [0.05, 0.1) is 16.8 Å². The summed E-state index contributed by atoms with van der Waals surface area (Å²) >= 11 is 2.62. The van der Waals surface area contributed by atoms with Crippen LogP contribution >= 0.6 is 22.7 Å². The molecule has 8 nitrogen and oxygen atoms in total. The summed E-state index contributed by atoms with van der Waals surface area (Å²) in [4.78, 5) is 22.6. The van der Waals surface area contributed by atoms with Crippen LogP contribution < -0.4 is 9.64 Å². The third-order valence-corrected chi connectivity index (χ3v) is 10.6. The second kappa shape index (κ2) is 11.3. The van der Waals surface area contributed by atoms with Gasteiger partial charge in [-0.05, 0) is 62.5 Å². The topological polar surface area (TPSA) is 83.1 Å². The Morgan fingerprint density at radius 2 is 2.00 bits per heavy atom. The first kappa shape index (κ1) is 26.0. The number of ether oxygens (including phenoxy) is 1. The fraction of sp³-hybridized carbons (Fsp3) is 0.500. The quantitative estimate of drug-likeness (QED) is 0.364. The monoisotopic (exact) mass is 536 g/mol. The molecule has 1 aliphatic rings. The van der Waals surface area contributed by atoms with Crippen molar-refractivity contribution in [2.45, 2.75) is 43.9 Å². The van der Waals surface area contributed by atoms with Crippen molar-refractivity contribution in [3.63, 3.8) is 0 Å². The molecule has 0 aliphatic carbocycles. The minimum atomic E-state index is -3.72. The van der Waals surface area contributed by atoms with E-state index in [4.69, 9.17) is 9.72 Å². The maximum Gasteiger partial charge on any atom is 0.253 e. The number of likely N-dealkylation sites (N-methyl/N-ethyl adjacent to an activating group) is 1. The van der Waals surface area contributed by atoms with Crippen LogP contribution in [0.3, 0.4) is 0 Å². The van der Waals surface area contributed by atoms with Gasteiger partial charge in [0.25, 0.3) is 10.0 Å². The summed E-state index contributed by atoms with van der Waals surface area (Å²) in [6.07, 6.45) is 1.16. The SMILES string of the molecule is CCOc1ccc2nc(N(CCN(CC)CC)C(=O)C3CCCN3S(=O)(=O)c3cccs3)sc2c1. The van der Waals surface area contributed by atoms with Crippen LogP contribution in [0.15, 0.2) is 39.9 Å². The Bertz CT molecular complexity index is 1240. The van der Waals surface area contributed by atoms with Crippen molar-refractivity contribution >= 4 is 54.0 Å². The van der Waals surface area contributed by atoms with Gasteiger partial charge in [0.2, 0.25) is 5.91 Å².